The van der Waals surface area contributed by atoms with Crippen LogP contribution in [-0.4, -0.2) is 39.1 Å². The molecule has 2 aromatic carbocycles. The third-order valence-electron chi connectivity index (χ3n) is 3.44. The molecule has 0 heterocycles. The van der Waals surface area contributed by atoms with E-state index in [1.54, 1.807) is 30.3 Å². The highest BCUT2D eigenvalue weighted by Gasteiger charge is 2.17. The molecule has 136 valence electrons. The van der Waals surface area contributed by atoms with E-state index in [1.807, 2.05) is 0 Å². The molecule has 2 rings (SSSR count). The molecule has 0 spiro atoms. The fourth-order valence-electron chi connectivity index (χ4n) is 2.01. The predicted octanol–water partition coefficient (Wildman–Crippen LogP) is 1.59. The Kier molecular flexibility index (Phi) is 6.37. The van der Waals surface area contributed by atoms with E-state index in [9.17, 15) is 22.8 Å². The first-order chi connectivity index (χ1) is 12.3. The van der Waals surface area contributed by atoms with E-state index in [0.29, 0.717) is 11.1 Å². The van der Waals surface area contributed by atoms with Gasteiger partial charge in [-0.05, 0) is 19.1 Å². The topological polar surface area (TPSA) is 107 Å². The molecule has 0 bridgehead atoms. The maximum absolute atomic E-state index is 12.1. The molecule has 0 aromatic heterocycles. The van der Waals surface area contributed by atoms with E-state index in [4.69, 9.17) is 4.74 Å². The number of sulfonamides is 1. The van der Waals surface area contributed by atoms with E-state index in [1.165, 1.54) is 31.2 Å². The number of hydrogen-bond acceptors (Lipinski definition) is 6. The first-order valence-electron chi connectivity index (χ1n) is 7.64. The molecule has 0 saturated heterocycles. The first-order valence-corrected chi connectivity index (χ1v) is 9.12. The van der Waals surface area contributed by atoms with E-state index in [0.717, 1.165) is 0 Å². The van der Waals surface area contributed by atoms with Crippen molar-refractivity contribution in [2.24, 2.45) is 0 Å². The maximum atomic E-state index is 12.1. The predicted molar refractivity (Wildman–Crippen MR) is 93.4 cm³/mol. The monoisotopic (exact) mass is 375 g/mol. The Hall–Kier alpha value is -2.84. The summed E-state index contributed by atoms with van der Waals surface area (Å²) in [4.78, 5) is 34.6. The van der Waals surface area contributed by atoms with Crippen LogP contribution >= 0.6 is 0 Å². The van der Waals surface area contributed by atoms with E-state index in [2.05, 4.69) is 4.72 Å². The van der Waals surface area contributed by atoms with Crippen LogP contribution in [0, 0.1) is 0 Å². The Morgan fingerprint density at radius 2 is 1.54 bits per heavy atom. The normalized spacial score (nSPS) is 11.0. The second-order valence-corrected chi connectivity index (χ2v) is 7.12. The molecule has 26 heavy (non-hydrogen) atoms. The molecule has 0 saturated carbocycles. The minimum atomic E-state index is -3.94. The molecule has 8 heteroatoms. The van der Waals surface area contributed by atoms with Gasteiger partial charge in [-0.2, -0.15) is 4.72 Å². The number of nitrogens with one attached hydrogen (secondary N) is 1. The number of ether oxygens (including phenoxy) is 1. The SMILES string of the molecule is CC(=O)c1ccc(S(=O)(=O)NCC(=O)OCC(=O)c2ccccc2)cc1. The highest BCUT2D eigenvalue weighted by molar-refractivity contribution is 7.89. The molecule has 0 unspecified atom stereocenters. The van der Waals surface area contributed by atoms with Crippen molar-refractivity contribution in [3.63, 3.8) is 0 Å². The minimum Gasteiger partial charge on any atom is -0.456 e. The summed E-state index contributed by atoms with van der Waals surface area (Å²) in [7, 11) is -3.94. The van der Waals surface area contributed by atoms with Crippen LogP contribution in [0.4, 0.5) is 0 Å². The van der Waals surface area contributed by atoms with Gasteiger partial charge in [-0.1, -0.05) is 42.5 Å². The number of ketones is 2. The average molecular weight is 375 g/mol. The standard InChI is InChI=1S/C18H17NO6S/c1-13(20)14-7-9-16(10-8-14)26(23,24)19-11-18(22)25-12-17(21)15-5-3-2-4-6-15/h2-10,19H,11-12H2,1H3. The molecular formula is C18H17NO6S. The van der Waals surface area contributed by atoms with Crippen molar-refractivity contribution in [1.29, 1.82) is 0 Å². The number of benzene rings is 2. The summed E-state index contributed by atoms with van der Waals surface area (Å²) in [6.45, 7) is 0.283. The van der Waals surface area contributed by atoms with Gasteiger partial charge in [0.15, 0.2) is 18.2 Å². The third kappa shape index (κ3) is 5.33. The molecule has 7 nitrogen and oxygen atoms in total. The highest BCUT2D eigenvalue weighted by atomic mass is 32.2. The second kappa shape index (κ2) is 8.50. The van der Waals surface area contributed by atoms with Crippen molar-refractivity contribution in [3.8, 4) is 0 Å². The van der Waals surface area contributed by atoms with E-state index in [-0.39, 0.29) is 16.5 Å². The smallest absolute Gasteiger partial charge is 0.321 e. The van der Waals surface area contributed by atoms with Gasteiger partial charge in [0, 0.05) is 11.1 Å². The number of esters is 1. The van der Waals surface area contributed by atoms with E-state index >= 15 is 0 Å². The molecule has 1 N–H and O–H groups in total. The van der Waals surface area contributed by atoms with Crippen LogP contribution in [0.2, 0.25) is 0 Å². The lowest BCUT2D eigenvalue weighted by Crippen LogP contribution is -2.31. The molecule has 0 aliphatic heterocycles. The number of carbonyl (C=O) groups is 3. The van der Waals surface area contributed by atoms with E-state index < -0.39 is 29.1 Å². The Morgan fingerprint density at radius 1 is 0.923 bits per heavy atom. The van der Waals surface area contributed by atoms with Crippen molar-refractivity contribution in [3.05, 3.63) is 65.7 Å². The van der Waals surface area contributed by atoms with Crippen LogP contribution in [0.25, 0.3) is 0 Å². The summed E-state index contributed by atoms with van der Waals surface area (Å²) >= 11 is 0. The van der Waals surface area contributed by atoms with Crippen LogP contribution in [-0.2, 0) is 19.6 Å². The number of hydrogen-bond donors (Lipinski definition) is 1. The summed E-state index contributed by atoms with van der Waals surface area (Å²) in [6.07, 6.45) is 0. The van der Waals surface area contributed by atoms with Crippen molar-refractivity contribution in [2.45, 2.75) is 11.8 Å². The zero-order chi connectivity index (χ0) is 19.2. The molecular weight excluding hydrogens is 358 g/mol. The number of rotatable bonds is 8. The zero-order valence-electron chi connectivity index (χ0n) is 14.0. The van der Waals surface area contributed by atoms with Gasteiger partial charge in [0.25, 0.3) is 0 Å². The Balaban J connectivity index is 1.87. The van der Waals surface area contributed by atoms with Crippen LogP contribution in [0.5, 0.6) is 0 Å². The van der Waals surface area contributed by atoms with Crippen molar-refractivity contribution in [2.75, 3.05) is 13.2 Å². The van der Waals surface area contributed by atoms with Gasteiger partial charge in [0.05, 0.1) is 4.90 Å². The largest absolute Gasteiger partial charge is 0.456 e. The molecule has 0 amide bonds. The maximum Gasteiger partial charge on any atom is 0.321 e. The Morgan fingerprint density at radius 3 is 2.12 bits per heavy atom. The fourth-order valence-corrected chi connectivity index (χ4v) is 2.98. The molecule has 0 aliphatic rings. The van der Waals surface area contributed by atoms with Gasteiger partial charge in [-0.25, -0.2) is 8.42 Å². The zero-order valence-corrected chi connectivity index (χ0v) is 14.8. The lowest BCUT2D eigenvalue weighted by Gasteiger charge is -2.08. The molecule has 0 aliphatic carbocycles. The van der Waals surface area contributed by atoms with Crippen molar-refractivity contribution in [1.82, 2.24) is 4.72 Å². The lowest BCUT2D eigenvalue weighted by atomic mass is 10.1. The molecule has 0 fully saturated rings. The second-order valence-electron chi connectivity index (χ2n) is 5.36. The summed E-state index contributed by atoms with van der Waals surface area (Å²) in [5, 5.41) is 0. The van der Waals surface area contributed by atoms with Gasteiger partial charge < -0.3 is 4.74 Å². The van der Waals surface area contributed by atoms with Gasteiger partial charge in [-0.3, -0.25) is 14.4 Å². The summed E-state index contributed by atoms with van der Waals surface area (Å²) in [5.74, 6) is -1.45. The molecule has 2 aromatic rings. The number of Topliss-reactive ketones (excluding diaryl/α,β-unsaturated/α-hetero) is 2. The van der Waals surface area contributed by atoms with Crippen LogP contribution in [0.1, 0.15) is 27.6 Å². The van der Waals surface area contributed by atoms with Crippen LogP contribution < -0.4 is 4.72 Å². The molecule has 0 radical (unpaired) electrons. The quantitative estimate of drug-likeness (QED) is 0.555. The summed E-state index contributed by atoms with van der Waals surface area (Å²) in [6, 6.07) is 13.6. The van der Waals surface area contributed by atoms with Gasteiger partial charge >= 0.3 is 5.97 Å². The summed E-state index contributed by atoms with van der Waals surface area (Å²) < 4.78 is 31.1. The summed E-state index contributed by atoms with van der Waals surface area (Å²) in [5.41, 5.74) is 0.772. The number of carbonyl (C=O) groups excluding carboxylic acids is 3. The fraction of sp³-hybridized carbons (Fsp3) is 0.167. The molecule has 0 atom stereocenters. The van der Waals surface area contributed by atoms with Crippen LogP contribution in [0.3, 0.4) is 0 Å². The third-order valence-corrected chi connectivity index (χ3v) is 4.85. The lowest BCUT2D eigenvalue weighted by molar-refractivity contribution is -0.141. The van der Waals surface area contributed by atoms with Crippen molar-refractivity contribution >= 4 is 27.6 Å². The van der Waals surface area contributed by atoms with Gasteiger partial charge in [0.1, 0.15) is 6.54 Å². The Bertz CT molecular complexity index is 904. The van der Waals surface area contributed by atoms with Crippen molar-refractivity contribution < 1.29 is 27.5 Å². The van der Waals surface area contributed by atoms with Gasteiger partial charge in [-0.15, -0.1) is 0 Å². The minimum absolute atomic E-state index is 0.0874. The van der Waals surface area contributed by atoms with Gasteiger partial charge in [0.2, 0.25) is 10.0 Å². The average Bonchev–Trinajstić information content (AvgIpc) is 2.65. The highest BCUT2D eigenvalue weighted by Crippen LogP contribution is 2.10. The Labute approximate surface area is 151 Å². The first kappa shape index (κ1) is 19.5. The van der Waals surface area contributed by atoms with Crippen LogP contribution in [0.15, 0.2) is 59.5 Å².